The molecule has 0 aromatic heterocycles. The van der Waals surface area contributed by atoms with Gasteiger partial charge in [-0.3, -0.25) is 9.59 Å². The zero-order valence-electron chi connectivity index (χ0n) is 11.3. The van der Waals surface area contributed by atoms with E-state index in [4.69, 9.17) is 0 Å². The van der Waals surface area contributed by atoms with Crippen LogP contribution in [0, 0.1) is 5.92 Å². The van der Waals surface area contributed by atoms with Gasteiger partial charge in [-0.2, -0.15) is 0 Å². The highest BCUT2D eigenvalue weighted by Crippen LogP contribution is 2.33. The smallest absolute Gasteiger partial charge is 0.224 e. The van der Waals surface area contributed by atoms with Gasteiger partial charge in [0.05, 0.1) is 0 Å². The second-order valence-electron chi connectivity index (χ2n) is 5.55. The van der Waals surface area contributed by atoms with E-state index in [2.05, 4.69) is 12.2 Å². The normalized spacial score (nSPS) is 23.9. The van der Waals surface area contributed by atoms with E-state index < -0.39 is 0 Å². The van der Waals surface area contributed by atoms with Gasteiger partial charge in [0.2, 0.25) is 5.91 Å². The summed E-state index contributed by atoms with van der Waals surface area (Å²) < 4.78 is 0. The zero-order chi connectivity index (χ0) is 13.0. The Labute approximate surface area is 109 Å². The van der Waals surface area contributed by atoms with Crippen LogP contribution in [0.2, 0.25) is 0 Å². The van der Waals surface area contributed by atoms with Gasteiger partial charge < -0.3 is 5.32 Å². The Kier molecular flexibility index (Phi) is 4.56. The first-order chi connectivity index (χ1) is 8.70. The molecule has 0 aromatic rings. The largest absolute Gasteiger partial charge is 0.329 e. The molecule has 2 rings (SSSR count). The SMILES string of the molecule is CCCCCCC1CC(=O)C2=C(C1)NC(=O)CC2. The molecule has 1 atom stereocenters. The lowest BCUT2D eigenvalue weighted by Gasteiger charge is -2.29. The van der Waals surface area contributed by atoms with E-state index in [0.717, 1.165) is 24.1 Å². The van der Waals surface area contributed by atoms with Gasteiger partial charge in [0.25, 0.3) is 0 Å². The number of allylic oxidation sites excluding steroid dienone is 2. The maximum Gasteiger partial charge on any atom is 0.224 e. The average molecular weight is 249 g/mol. The molecule has 18 heavy (non-hydrogen) atoms. The summed E-state index contributed by atoms with van der Waals surface area (Å²) in [7, 11) is 0. The van der Waals surface area contributed by atoms with Gasteiger partial charge in [-0.1, -0.05) is 32.6 Å². The third-order valence-corrected chi connectivity index (χ3v) is 4.03. The highest BCUT2D eigenvalue weighted by atomic mass is 16.2. The quantitative estimate of drug-likeness (QED) is 0.761. The summed E-state index contributed by atoms with van der Waals surface area (Å²) in [5.74, 6) is 0.802. The van der Waals surface area contributed by atoms with E-state index in [1.165, 1.54) is 25.7 Å². The Hall–Kier alpha value is -1.12. The highest BCUT2D eigenvalue weighted by Gasteiger charge is 2.30. The molecule has 0 saturated carbocycles. The van der Waals surface area contributed by atoms with Gasteiger partial charge in [0.15, 0.2) is 5.78 Å². The number of ketones is 1. The van der Waals surface area contributed by atoms with E-state index in [9.17, 15) is 9.59 Å². The van der Waals surface area contributed by atoms with E-state index in [-0.39, 0.29) is 11.7 Å². The van der Waals surface area contributed by atoms with Crippen molar-refractivity contribution < 1.29 is 9.59 Å². The van der Waals surface area contributed by atoms with E-state index in [1.54, 1.807) is 0 Å². The molecule has 3 heteroatoms. The molecule has 100 valence electrons. The fourth-order valence-electron chi connectivity index (χ4n) is 2.99. The van der Waals surface area contributed by atoms with Crippen LogP contribution < -0.4 is 5.32 Å². The summed E-state index contributed by atoms with van der Waals surface area (Å²) in [5, 5.41) is 2.90. The number of Topliss-reactive ketones (excluding diaryl/α,β-unsaturated/α-hetero) is 1. The van der Waals surface area contributed by atoms with Crippen LogP contribution in [0.4, 0.5) is 0 Å². The maximum atomic E-state index is 12.0. The summed E-state index contributed by atoms with van der Waals surface area (Å²) >= 11 is 0. The van der Waals surface area contributed by atoms with Gasteiger partial charge in [0.1, 0.15) is 0 Å². The summed E-state index contributed by atoms with van der Waals surface area (Å²) in [6, 6.07) is 0. The van der Waals surface area contributed by atoms with E-state index >= 15 is 0 Å². The van der Waals surface area contributed by atoms with Gasteiger partial charge in [-0.15, -0.1) is 0 Å². The lowest BCUT2D eigenvalue weighted by atomic mass is 9.80. The predicted octanol–water partition coefficient (Wildman–Crippen LogP) is 3.10. The fraction of sp³-hybridized carbons (Fsp3) is 0.733. The number of hydrogen-bond acceptors (Lipinski definition) is 2. The van der Waals surface area contributed by atoms with Gasteiger partial charge in [0, 0.05) is 24.1 Å². The predicted molar refractivity (Wildman–Crippen MR) is 70.9 cm³/mol. The second-order valence-corrected chi connectivity index (χ2v) is 5.55. The molecular formula is C15H23NO2. The van der Waals surface area contributed by atoms with Crippen molar-refractivity contribution in [1.82, 2.24) is 5.32 Å². The lowest BCUT2D eigenvalue weighted by Crippen LogP contribution is -2.34. The van der Waals surface area contributed by atoms with Crippen molar-refractivity contribution in [2.45, 2.75) is 64.7 Å². The van der Waals surface area contributed by atoms with Crippen molar-refractivity contribution in [2.24, 2.45) is 5.92 Å². The zero-order valence-corrected chi connectivity index (χ0v) is 11.3. The molecular weight excluding hydrogens is 226 g/mol. The third-order valence-electron chi connectivity index (χ3n) is 4.03. The molecule has 2 aliphatic rings. The molecule has 1 aliphatic heterocycles. The number of amides is 1. The molecule has 0 bridgehead atoms. The number of rotatable bonds is 5. The molecule has 0 radical (unpaired) electrons. The molecule has 0 saturated heterocycles. The molecule has 0 fully saturated rings. The Morgan fingerprint density at radius 3 is 2.72 bits per heavy atom. The van der Waals surface area contributed by atoms with E-state index in [1.807, 2.05) is 0 Å². The lowest BCUT2D eigenvalue weighted by molar-refractivity contribution is -0.121. The first kappa shape index (κ1) is 13.3. The van der Waals surface area contributed by atoms with Crippen LogP contribution in [0.1, 0.15) is 64.7 Å². The van der Waals surface area contributed by atoms with Crippen LogP contribution in [0.5, 0.6) is 0 Å². The number of carbonyl (C=O) groups excluding carboxylic acids is 2. The van der Waals surface area contributed by atoms with Crippen LogP contribution in [0.25, 0.3) is 0 Å². The first-order valence-corrected chi connectivity index (χ1v) is 7.25. The average Bonchev–Trinajstić information content (AvgIpc) is 2.34. The number of unbranched alkanes of at least 4 members (excludes halogenated alkanes) is 3. The summed E-state index contributed by atoms with van der Waals surface area (Å²) in [5.41, 5.74) is 1.84. The molecule has 0 spiro atoms. The summed E-state index contributed by atoms with van der Waals surface area (Å²) in [6.07, 6.45) is 8.86. The maximum absolute atomic E-state index is 12.0. The van der Waals surface area contributed by atoms with Gasteiger partial charge in [-0.05, 0) is 25.2 Å². The van der Waals surface area contributed by atoms with Crippen molar-refractivity contribution in [3.8, 4) is 0 Å². The Balaban J connectivity index is 1.89. The molecule has 1 amide bonds. The van der Waals surface area contributed by atoms with Crippen molar-refractivity contribution in [3.63, 3.8) is 0 Å². The molecule has 0 aromatic carbocycles. The third kappa shape index (κ3) is 3.21. The van der Waals surface area contributed by atoms with Crippen molar-refractivity contribution in [1.29, 1.82) is 0 Å². The van der Waals surface area contributed by atoms with Gasteiger partial charge in [-0.25, -0.2) is 0 Å². The Morgan fingerprint density at radius 1 is 1.11 bits per heavy atom. The topological polar surface area (TPSA) is 46.2 Å². The highest BCUT2D eigenvalue weighted by molar-refractivity contribution is 5.99. The minimum Gasteiger partial charge on any atom is -0.329 e. The van der Waals surface area contributed by atoms with Crippen LogP contribution >= 0.6 is 0 Å². The van der Waals surface area contributed by atoms with Crippen molar-refractivity contribution in [3.05, 3.63) is 11.3 Å². The number of hydrogen-bond donors (Lipinski definition) is 1. The second kappa shape index (κ2) is 6.17. The van der Waals surface area contributed by atoms with Crippen molar-refractivity contribution >= 4 is 11.7 Å². The molecule has 1 unspecified atom stereocenters. The van der Waals surface area contributed by atoms with E-state index in [0.29, 0.717) is 25.2 Å². The monoisotopic (exact) mass is 249 g/mol. The van der Waals surface area contributed by atoms with Crippen LogP contribution in [0.15, 0.2) is 11.3 Å². The molecule has 1 N–H and O–H groups in total. The van der Waals surface area contributed by atoms with Crippen LogP contribution in [-0.2, 0) is 9.59 Å². The summed E-state index contributed by atoms with van der Waals surface area (Å²) in [6.45, 7) is 2.21. The first-order valence-electron chi connectivity index (χ1n) is 7.25. The number of carbonyl (C=O) groups is 2. The molecule has 1 aliphatic carbocycles. The molecule has 1 heterocycles. The van der Waals surface area contributed by atoms with Crippen LogP contribution in [0.3, 0.4) is 0 Å². The minimum atomic E-state index is 0.0770. The van der Waals surface area contributed by atoms with Gasteiger partial charge >= 0.3 is 0 Å². The van der Waals surface area contributed by atoms with Crippen LogP contribution in [-0.4, -0.2) is 11.7 Å². The molecule has 3 nitrogen and oxygen atoms in total. The number of nitrogens with one attached hydrogen (secondary N) is 1. The Morgan fingerprint density at radius 2 is 1.94 bits per heavy atom. The fourth-order valence-corrected chi connectivity index (χ4v) is 2.99. The standard InChI is InChI=1S/C15H23NO2/c1-2-3-4-5-6-11-9-13-12(14(17)10-11)7-8-15(18)16-13/h11H,2-10H2,1H3,(H,16,18). The summed E-state index contributed by atoms with van der Waals surface area (Å²) in [4.78, 5) is 23.4. The van der Waals surface area contributed by atoms with Crippen molar-refractivity contribution in [2.75, 3.05) is 0 Å². The minimum absolute atomic E-state index is 0.0770. The Bertz CT molecular complexity index is 371.